The normalized spacial score (nSPS) is 16.9. The molecule has 1 fully saturated rings. The van der Waals surface area contributed by atoms with E-state index in [9.17, 15) is 4.79 Å². The second-order valence-electron chi connectivity index (χ2n) is 5.34. The van der Waals surface area contributed by atoms with Crippen LogP contribution in [0.5, 0.6) is 0 Å². The molecule has 0 saturated carbocycles. The van der Waals surface area contributed by atoms with Gasteiger partial charge in [0.1, 0.15) is 12.9 Å². The maximum Gasteiger partial charge on any atom is 0.345 e. The molecule has 1 aliphatic heterocycles. The summed E-state index contributed by atoms with van der Waals surface area (Å²) in [4.78, 5) is 14.6. The Morgan fingerprint density at radius 1 is 1.21 bits per heavy atom. The van der Waals surface area contributed by atoms with E-state index in [0.717, 1.165) is 31.0 Å². The van der Waals surface area contributed by atoms with E-state index in [0.29, 0.717) is 0 Å². The fourth-order valence-electron chi connectivity index (χ4n) is 2.81. The summed E-state index contributed by atoms with van der Waals surface area (Å²) in [5.41, 5.74) is 1.83. The standard InChI is InChI=1S/C15H20N3O/c1-13-11-17(12-16-8-4-2-5-9-16)14-7-3-6-10-18(14)15(13)19/h3,6-7,10-11H,2,4-5,8-9,12H2,1H3/q+1. The Labute approximate surface area is 112 Å². The van der Waals surface area contributed by atoms with Crippen molar-refractivity contribution < 1.29 is 4.40 Å². The van der Waals surface area contributed by atoms with Crippen LogP contribution in [0.2, 0.25) is 0 Å². The predicted molar refractivity (Wildman–Crippen MR) is 74.0 cm³/mol. The molecular weight excluding hydrogens is 238 g/mol. The molecule has 4 heteroatoms. The molecule has 1 saturated heterocycles. The van der Waals surface area contributed by atoms with Crippen LogP contribution in [0.15, 0.2) is 35.4 Å². The average molecular weight is 258 g/mol. The lowest BCUT2D eigenvalue weighted by atomic mass is 10.1. The molecule has 0 spiro atoms. The number of likely N-dealkylation sites (tertiary alicyclic amines) is 1. The van der Waals surface area contributed by atoms with Gasteiger partial charge in [-0.25, -0.2) is 9.36 Å². The van der Waals surface area contributed by atoms with Gasteiger partial charge in [-0.1, -0.05) is 12.5 Å². The van der Waals surface area contributed by atoms with Crippen molar-refractivity contribution in [1.29, 1.82) is 0 Å². The highest BCUT2D eigenvalue weighted by Crippen LogP contribution is 2.10. The van der Waals surface area contributed by atoms with Crippen molar-refractivity contribution in [2.24, 2.45) is 0 Å². The van der Waals surface area contributed by atoms with Gasteiger partial charge in [0.05, 0.1) is 11.8 Å². The summed E-state index contributed by atoms with van der Waals surface area (Å²) in [5, 5.41) is 0. The van der Waals surface area contributed by atoms with Gasteiger partial charge >= 0.3 is 5.56 Å². The van der Waals surface area contributed by atoms with Crippen LogP contribution in [0.3, 0.4) is 0 Å². The lowest BCUT2D eigenvalue weighted by Crippen LogP contribution is -2.45. The Balaban J connectivity index is 2.02. The smallest absolute Gasteiger partial charge is 0.267 e. The van der Waals surface area contributed by atoms with Crippen molar-refractivity contribution >= 4 is 5.65 Å². The van der Waals surface area contributed by atoms with E-state index in [1.807, 2.05) is 37.5 Å². The Morgan fingerprint density at radius 2 is 2.00 bits per heavy atom. The second-order valence-corrected chi connectivity index (χ2v) is 5.34. The van der Waals surface area contributed by atoms with Gasteiger partial charge in [-0.15, -0.1) is 0 Å². The number of nitrogens with zero attached hydrogens (tertiary/aromatic N) is 3. The third-order valence-electron chi connectivity index (χ3n) is 3.84. The summed E-state index contributed by atoms with van der Waals surface area (Å²) < 4.78 is 3.92. The zero-order valence-electron chi connectivity index (χ0n) is 11.4. The topological polar surface area (TPSA) is 29.3 Å². The van der Waals surface area contributed by atoms with E-state index >= 15 is 0 Å². The summed E-state index contributed by atoms with van der Waals surface area (Å²) in [6, 6.07) is 5.89. The molecule has 1 aliphatic rings. The summed E-state index contributed by atoms with van der Waals surface area (Å²) in [5.74, 6) is 0. The highest BCUT2D eigenvalue weighted by Gasteiger charge is 2.17. The Morgan fingerprint density at radius 3 is 2.79 bits per heavy atom. The van der Waals surface area contributed by atoms with Gasteiger partial charge < -0.3 is 0 Å². The van der Waals surface area contributed by atoms with Crippen LogP contribution in [0.25, 0.3) is 5.65 Å². The molecule has 19 heavy (non-hydrogen) atoms. The first-order valence-corrected chi connectivity index (χ1v) is 6.98. The van der Waals surface area contributed by atoms with Crippen LogP contribution in [-0.4, -0.2) is 22.6 Å². The molecule has 2 aromatic rings. The summed E-state index contributed by atoms with van der Waals surface area (Å²) in [7, 11) is 0. The van der Waals surface area contributed by atoms with E-state index in [1.165, 1.54) is 19.3 Å². The zero-order chi connectivity index (χ0) is 13.2. The monoisotopic (exact) mass is 258 g/mol. The number of pyridine rings is 1. The number of hydrogen-bond acceptors (Lipinski definition) is 2. The largest absolute Gasteiger partial charge is 0.345 e. The van der Waals surface area contributed by atoms with E-state index in [-0.39, 0.29) is 5.56 Å². The minimum Gasteiger partial charge on any atom is -0.267 e. The summed E-state index contributed by atoms with van der Waals surface area (Å²) in [6.45, 7) is 5.07. The summed E-state index contributed by atoms with van der Waals surface area (Å²) in [6.07, 6.45) is 7.73. The number of aromatic nitrogens is 2. The third kappa shape index (κ3) is 2.40. The molecule has 0 unspecified atom stereocenters. The Bertz CT molecular complexity index is 641. The highest BCUT2D eigenvalue weighted by molar-refractivity contribution is 5.30. The number of aryl methyl sites for hydroxylation is 1. The minimum absolute atomic E-state index is 0.0745. The fraction of sp³-hybridized carbons (Fsp3) is 0.467. The maximum atomic E-state index is 12.1. The molecule has 3 heterocycles. The molecular formula is C15H20N3O+. The number of fused-ring (bicyclic) bond motifs is 1. The van der Waals surface area contributed by atoms with E-state index in [4.69, 9.17) is 0 Å². The van der Waals surface area contributed by atoms with Gasteiger partial charge in [-0.2, -0.15) is 4.40 Å². The highest BCUT2D eigenvalue weighted by atomic mass is 16.1. The van der Waals surface area contributed by atoms with Crippen molar-refractivity contribution in [2.75, 3.05) is 13.1 Å². The zero-order valence-corrected chi connectivity index (χ0v) is 11.4. The van der Waals surface area contributed by atoms with Crippen LogP contribution < -0.4 is 9.96 Å². The van der Waals surface area contributed by atoms with Gasteiger partial charge in [0.25, 0.3) is 5.65 Å². The molecule has 0 radical (unpaired) electrons. The lowest BCUT2D eigenvalue weighted by molar-refractivity contribution is -0.533. The molecule has 0 amide bonds. The van der Waals surface area contributed by atoms with Crippen molar-refractivity contribution in [3.63, 3.8) is 0 Å². The molecule has 0 bridgehead atoms. The van der Waals surface area contributed by atoms with Crippen LogP contribution in [0.1, 0.15) is 24.8 Å². The van der Waals surface area contributed by atoms with Crippen molar-refractivity contribution in [2.45, 2.75) is 32.9 Å². The number of hydrogen-bond donors (Lipinski definition) is 0. The molecule has 2 aromatic heterocycles. The molecule has 0 atom stereocenters. The molecule has 4 nitrogen and oxygen atoms in total. The third-order valence-corrected chi connectivity index (χ3v) is 3.84. The van der Waals surface area contributed by atoms with E-state index in [1.54, 1.807) is 4.40 Å². The molecule has 0 N–H and O–H groups in total. The Kier molecular flexibility index (Phi) is 3.34. The number of piperidine rings is 1. The molecule has 100 valence electrons. The van der Waals surface area contributed by atoms with Gasteiger partial charge in [0.2, 0.25) is 0 Å². The van der Waals surface area contributed by atoms with Gasteiger partial charge in [0, 0.05) is 19.2 Å². The summed E-state index contributed by atoms with van der Waals surface area (Å²) >= 11 is 0. The van der Waals surface area contributed by atoms with Crippen molar-refractivity contribution in [3.8, 4) is 0 Å². The van der Waals surface area contributed by atoms with Gasteiger partial charge in [-0.3, -0.25) is 4.90 Å². The number of rotatable bonds is 2. The molecule has 0 aromatic carbocycles. The van der Waals surface area contributed by atoms with Crippen LogP contribution in [0, 0.1) is 6.92 Å². The van der Waals surface area contributed by atoms with Gasteiger partial charge in [-0.05, 0) is 25.8 Å². The fourth-order valence-corrected chi connectivity index (χ4v) is 2.81. The second kappa shape index (κ2) is 5.13. The van der Waals surface area contributed by atoms with Crippen LogP contribution >= 0.6 is 0 Å². The van der Waals surface area contributed by atoms with Crippen molar-refractivity contribution in [3.05, 3.63) is 46.5 Å². The maximum absolute atomic E-state index is 12.1. The van der Waals surface area contributed by atoms with Crippen LogP contribution in [0.4, 0.5) is 0 Å². The first-order valence-electron chi connectivity index (χ1n) is 6.98. The minimum atomic E-state index is 0.0745. The molecule has 3 rings (SSSR count). The molecule has 0 aliphatic carbocycles. The van der Waals surface area contributed by atoms with E-state index in [2.05, 4.69) is 9.47 Å². The quantitative estimate of drug-likeness (QED) is 0.761. The average Bonchev–Trinajstić information content (AvgIpc) is 2.46. The van der Waals surface area contributed by atoms with Crippen LogP contribution in [-0.2, 0) is 6.67 Å². The first-order chi connectivity index (χ1) is 9.25. The van der Waals surface area contributed by atoms with Crippen molar-refractivity contribution in [1.82, 2.24) is 9.47 Å². The predicted octanol–water partition coefficient (Wildman–Crippen LogP) is 1.34. The lowest BCUT2D eigenvalue weighted by Gasteiger charge is -2.25. The first kappa shape index (κ1) is 12.4. The van der Waals surface area contributed by atoms with E-state index < -0.39 is 0 Å². The Hall–Kier alpha value is -1.68. The van der Waals surface area contributed by atoms with Gasteiger partial charge in [0.15, 0.2) is 0 Å². The SMILES string of the molecule is Cc1cn(CN2CCCCC2)c2cccc[n+]2c1=O.